The number of carbonyl (C=O) groups is 1. The molecule has 0 radical (unpaired) electrons. The first-order valence-corrected chi connectivity index (χ1v) is 4.95. The molecule has 0 unspecified atom stereocenters. The maximum Gasteiger partial charge on any atom is 0.220 e. The van der Waals surface area contributed by atoms with Crippen molar-refractivity contribution in [2.75, 3.05) is 26.2 Å². The van der Waals surface area contributed by atoms with Crippen LogP contribution >= 0.6 is 0 Å². The molecule has 1 aliphatic heterocycles. The summed E-state index contributed by atoms with van der Waals surface area (Å²) in [5.74, 6) is -0.0346. The van der Waals surface area contributed by atoms with Crippen LogP contribution in [0.4, 0.5) is 0 Å². The average Bonchev–Trinajstić information content (AvgIpc) is 2.15. The molecule has 1 amide bonds. The zero-order valence-electron chi connectivity index (χ0n) is 8.04. The molecule has 0 saturated carbocycles. The summed E-state index contributed by atoms with van der Waals surface area (Å²) >= 11 is 0. The van der Waals surface area contributed by atoms with Gasteiger partial charge in [0.1, 0.15) is 0 Å². The van der Waals surface area contributed by atoms with Crippen LogP contribution in [-0.4, -0.2) is 37.0 Å². The van der Waals surface area contributed by atoms with Crippen LogP contribution in [-0.2, 0) is 4.79 Å². The first-order valence-electron chi connectivity index (χ1n) is 4.95. The molecule has 0 aliphatic carbocycles. The van der Waals surface area contributed by atoms with Crippen molar-refractivity contribution < 1.29 is 4.79 Å². The quantitative estimate of drug-likeness (QED) is 0.622. The summed E-state index contributed by atoms with van der Waals surface area (Å²) in [6.07, 6.45) is 2.88. The number of amides is 1. The van der Waals surface area contributed by atoms with E-state index in [9.17, 15) is 4.79 Å². The Morgan fingerprint density at radius 3 is 2.46 bits per heavy atom. The second-order valence-electron chi connectivity index (χ2n) is 3.66. The van der Waals surface area contributed by atoms with E-state index in [1.807, 2.05) is 0 Å². The number of carbonyl (C=O) groups excluding carboxylic acids is 1. The Morgan fingerprint density at radius 2 is 2.00 bits per heavy atom. The van der Waals surface area contributed by atoms with Gasteiger partial charge in [-0.1, -0.05) is 0 Å². The summed E-state index contributed by atoms with van der Waals surface area (Å²) in [6, 6.07) is 0. The Hall–Kier alpha value is -0.610. The van der Waals surface area contributed by atoms with Crippen LogP contribution < -0.4 is 11.5 Å². The van der Waals surface area contributed by atoms with Gasteiger partial charge in [-0.3, -0.25) is 4.79 Å². The van der Waals surface area contributed by atoms with Gasteiger partial charge in [-0.2, -0.15) is 0 Å². The smallest absolute Gasteiger partial charge is 0.220 e. The predicted molar refractivity (Wildman–Crippen MR) is 52.0 cm³/mol. The highest BCUT2D eigenvalue weighted by molar-refractivity contribution is 5.76. The first-order chi connectivity index (χ1) is 6.24. The summed E-state index contributed by atoms with van der Waals surface area (Å²) in [6.45, 7) is 3.79. The second-order valence-corrected chi connectivity index (χ2v) is 3.66. The Labute approximate surface area is 79.3 Å². The van der Waals surface area contributed by atoms with Gasteiger partial charge in [0.25, 0.3) is 0 Å². The van der Waals surface area contributed by atoms with Crippen molar-refractivity contribution in [3.8, 4) is 0 Å². The monoisotopic (exact) mass is 185 g/mol. The molecule has 1 fully saturated rings. The number of primary amides is 1. The maximum absolute atomic E-state index is 10.9. The molecule has 4 nitrogen and oxygen atoms in total. The molecular formula is C9H19N3O. The number of hydrogen-bond donors (Lipinski definition) is 2. The number of likely N-dealkylation sites (tertiary alicyclic amines) is 1. The Balaban J connectivity index is 2.18. The van der Waals surface area contributed by atoms with Crippen molar-refractivity contribution in [1.82, 2.24) is 4.90 Å². The lowest BCUT2D eigenvalue weighted by Gasteiger charge is -2.30. The summed E-state index contributed by atoms with van der Waals surface area (Å²) < 4.78 is 0. The van der Waals surface area contributed by atoms with E-state index in [0.29, 0.717) is 0 Å². The Morgan fingerprint density at radius 1 is 1.38 bits per heavy atom. The second kappa shape index (κ2) is 5.19. The molecule has 1 rings (SSSR count). The van der Waals surface area contributed by atoms with Gasteiger partial charge in [-0.05, 0) is 45.4 Å². The lowest BCUT2D eigenvalue weighted by atomic mass is 9.96. The molecule has 0 aromatic rings. The minimum atomic E-state index is -0.140. The van der Waals surface area contributed by atoms with E-state index in [-0.39, 0.29) is 11.8 Å². The molecule has 1 heterocycles. The Kier molecular flexibility index (Phi) is 4.18. The highest BCUT2D eigenvalue weighted by atomic mass is 16.1. The fraction of sp³-hybridized carbons (Fsp3) is 0.889. The fourth-order valence-electron chi connectivity index (χ4n) is 1.76. The zero-order valence-corrected chi connectivity index (χ0v) is 8.04. The van der Waals surface area contributed by atoms with E-state index in [1.165, 1.54) is 0 Å². The van der Waals surface area contributed by atoms with E-state index in [4.69, 9.17) is 11.5 Å². The first kappa shape index (κ1) is 10.5. The summed E-state index contributed by atoms with van der Waals surface area (Å²) in [4.78, 5) is 13.2. The third kappa shape index (κ3) is 3.32. The fourth-order valence-corrected chi connectivity index (χ4v) is 1.76. The number of nitrogens with zero attached hydrogens (tertiary/aromatic N) is 1. The van der Waals surface area contributed by atoms with Crippen molar-refractivity contribution in [2.24, 2.45) is 17.4 Å². The average molecular weight is 185 g/mol. The van der Waals surface area contributed by atoms with E-state index in [0.717, 1.165) is 45.4 Å². The lowest BCUT2D eigenvalue weighted by molar-refractivity contribution is -0.123. The third-order valence-electron chi connectivity index (χ3n) is 2.67. The number of hydrogen-bond acceptors (Lipinski definition) is 3. The Bertz CT molecular complexity index is 164. The SMILES string of the molecule is NCCCN1CCC(C(N)=O)CC1. The third-order valence-corrected chi connectivity index (χ3v) is 2.67. The van der Waals surface area contributed by atoms with E-state index >= 15 is 0 Å². The standard InChI is InChI=1S/C9H19N3O/c10-4-1-5-12-6-2-8(3-7-12)9(11)13/h8H,1-7,10H2,(H2,11,13). The molecule has 0 atom stereocenters. The van der Waals surface area contributed by atoms with Gasteiger partial charge in [0.2, 0.25) is 5.91 Å². The topological polar surface area (TPSA) is 72.3 Å². The zero-order chi connectivity index (χ0) is 9.68. The van der Waals surface area contributed by atoms with Crippen LogP contribution in [0.5, 0.6) is 0 Å². The van der Waals surface area contributed by atoms with Crippen LogP contribution in [0.1, 0.15) is 19.3 Å². The van der Waals surface area contributed by atoms with Crippen molar-refractivity contribution in [1.29, 1.82) is 0 Å². The highest BCUT2D eigenvalue weighted by Crippen LogP contribution is 2.16. The van der Waals surface area contributed by atoms with Gasteiger partial charge in [0, 0.05) is 5.92 Å². The van der Waals surface area contributed by atoms with Gasteiger partial charge >= 0.3 is 0 Å². The molecule has 0 spiro atoms. The molecular weight excluding hydrogens is 166 g/mol. The highest BCUT2D eigenvalue weighted by Gasteiger charge is 2.22. The molecule has 4 heteroatoms. The number of piperidine rings is 1. The lowest BCUT2D eigenvalue weighted by Crippen LogP contribution is -2.39. The normalized spacial score (nSPS) is 20.4. The maximum atomic E-state index is 10.9. The van der Waals surface area contributed by atoms with Crippen molar-refractivity contribution >= 4 is 5.91 Å². The summed E-state index contributed by atoms with van der Waals surface area (Å²) in [5, 5.41) is 0. The minimum Gasteiger partial charge on any atom is -0.369 e. The summed E-state index contributed by atoms with van der Waals surface area (Å²) in [7, 11) is 0. The largest absolute Gasteiger partial charge is 0.369 e. The van der Waals surface area contributed by atoms with Gasteiger partial charge in [-0.25, -0.2) is 0 Å². The van der Waals surface area contributed by atoms with Gasteiger partial charge in [0.05, 0.1) is 0 Å². The number of rotatable bonds is 4. The van der Waals surface area contributed by atoms with E-state index < -0.39 is 0 Å². The molecule has 0 bridgehead atoms. The molecule has 13 heavy (non-hydrogen) atoms. The number of nitrogens with two attached hydrogens (primary N) is 2. The minimum absolute atomic E-state index is 0.106. The van der Waals surface area contributed by atoms with Crippen LogP contribution in [0.25, 0.3) is 0 Å². The van der Waals surface area contributed by atoms with Gasteiger partial charge in [-0.15, -0.1) is 0 Å². The van der Waals surface area contributed by atoms with Crippen molar-refractivity contribution in [3.05, 3.63) is 0 Å². The predicted octanol–water partition coefficient (Wildman–Crippen LogP) is -0.467. The molecule has 4 N–H and O–H groups in total. The van der Waals surface area contributed by atoms with Crippen LogP contribution in [0.15, 0.2) is 0 Å². The molecule has 76 valence electrons. The van der Waals surface area contributed by atoms with Gasteiger partial charge in [0.15, 0.2) is 0 Å². The molecule has 0 aromatic heterocycles. The molecule has 1 aliphatic rings. The van der Waals surface area contributed by atoms with Crippen molar-refractivity contribution in [2.45, 2.75) is 19.3 Å². The van der Waals surface area contributed by atoms with Crippen LogP contribution in [0.3, 0.4) is 0 Å². The van der Waals surface area contributed by atoms with E-state index in [2.05, 4.69) is 4.90 Å². The molecule has 1 saturated heterocycles. The molecule has 0 aromatic carbocycles. The summed E-state index contributed by atoms with van der Waals surface area (Å²) in [5.41, 5.74) is 10.7. The van der Waals surface area contributed by atoms with Gasteiger partial charge < -0.3 is 16.4 Å². The van der Waals surface area contributed by atoms with Crippen LogP contribution in [0.2, 0.25) is 0 Å². The van der Waals surface area contributed by atoms with Crippen LogP contribution in [0, 0.1) is 5.92 Å². The van der Waals surface area contributed by atoms with Crippen molar-refractivity contribution in [3.63, 3.8) is 0 Å². The van der Waals surface area contributed by atoms with E-state index in [1.54, 1.807) is 0 Å².